The number of hydrogen-bond donors (Lipinski definition) is 2. The van der Waals surface area contributed by atoms with Gasteiger partial charge in [-0.25, -0.2) is 4.39 Å². The molecule has 0 radical (unpaired) electrons. The third-order valence-electron chi connectivity index (χ3n) is 5.14. The highest BCUT2D eigenvalue weighted by atomic mass is 32.1. The fourth-order valence-electron chi connectivity index (χ4n) is 4.20. The van der Waals surface area contributed by atoms with Crippen molar-refractivity contribution in [2.24, 2.45) is 5.92 Å². The van der Waals surface area contributed by atoms with E-state index >= 15 is 0 Å². The van der Waals surface area contributed by atoms with Crippen LogP contribution in [0.15, 0.2) is 24.3 Å². The molecular formula is C19H28FN3S. The maximum Gasteiger partial charge on any atom is 0.170 e. The minimum atomic E-state index is -0.232. The maximum absolute atomic E-state index is 13.0. The highest BCUT2D eigenvalue weighted by Crippen LogP contribution is 2.34. The molecule has 2 atom stereocenters. The van der Waals surface area contributed by atoms with Gasteiger partial charge in [0.1, 0.15) is 5.82 Å². The summed E-state index contributed by atoms with van der Waals surface area (Å²) >= 11 is 5.45. The Bertz CT molecular complexity index is 546. The fraction of sp³-hybridized carbons (Fsp3) is 0.632. The molecule has 132 valence electrons. The van der Waals surface area contributed by atoms with E-state index in [1.54, 1.807) is 12.1 Å². The lowest BCUT2D eigenvalue weighted by Gasteiger charge is -2.49. The molecule has 2 saturated heterocycles. The van der Waals surface area contributed by atoms with Crippen molar-refractivity contribution in [3.8, 4) is 0 Å². The Morgan fingerprint density at radius 2 is 1.83 bits per heavy atom. The molecule has 0 spiro atoms. The minimum absolute atomic E-state index is 0.232. The molecule has 24 heavy (non-hydrogen) atoms. The van der Waals surface area contributed by atoms with Gasteiger partial charge in [0, 0.05) is 30.4 Å². The molecule has 2 unspecified atom stereocenters. The van der Waals surface area contributed by atoms with Gasteiger partial charge in [-0.1, -0.05) is 20.3 Å². The standard InChI is InChI=1S/C19H28FN3S/c1-13(2)12-23-17-4-3-5-18(23)11-16(10-17)22-19(24)21-15-8-6-14(20)7-9-15/h6-9,13,16-18H,3-5,10-12H2,1-2H3,(H2,21,22,24). The average Bonchev–Trinajstić information content (AvgIpc) is 2.50. The number of thiocarbonyl (C=S) groups is 1. The number of halogens is 1. The van der Waals surface area contributed by atoms with Crippen LogP contribution < -0.4 is 10.6 Å². The zero-order valence-corrected chi connectivity index (χ0v) is 15.4. The van der Waals surface area contributed by atoms with E-state index in [1.807, 2.05) is 0 Å². The number of nitrogens with zero attached hydrogens (tertiary/aromatic N) is 1. The van der Waals surface area contributed by atoms with Crippen LogP contribution in [0.2, 0.25) is 0 Å². The molecule has 0 aromatic heterocycles. The summed E-state index contributed by atoms with van der Waals surface area (Å²) in [5, 5.41) is 7.29. The smallest absolute Gasteiger partial charge is 0.170 e. The van der Waals surface area contributed by atoms with Crippen molar-refractivity contribution in [1.82, 2.24) is 10.2 Å². The Morgan fingerprint density at radius 1 is 1.21 bits per heavy atom. The van der Waals surface area contributed by atoms with Crippen molar-refractivity contribution in [3.63, 3.8) is 0 Å². The third-order valence-corrected chi connectivity index (χ3v) is 5.36. The van der Waals surface area contributed by atoms with Crippen LogP contribution in [-0.4, -0.2) is 34.7 Å². The normalized spacial score (nSPS) is 27.1. The van der Waals surface area contributed by atoms with Crippen molar-refractivity contribution in [3.05, 3.63) is 30.1 Å². The van der Waals surface area contributed by atoms with Crippen molar-refractivity contribution in [1.29, 1.82) is 0 Å². The van der Waals surface area contributed by atoms with Gasteiger partial charge in [-0.2, -0.15) is 0 Å². The van der Waals surface area contributed by atoms with Crippen LogP contribution in [0.1, 0.15) is 46.0 Å². The molecule has 2 N–H and O–H groups in total. The number of fused-ring (bicyclic) bond motifs is 2. The first-order valence-electron chi connectivity index (χ1n) is 9.10. The van der Waals surface area contributed by atoms with Gasteiger partial charge in [0.15, 0.2) is 5.11 Å². The summed E-state index contributed by atoms with van der Waals surface area (Å²) in [5.74, 6) is 0.489. The zero-order valence-electron chi connectivity index (χ0n) is 14.6. The summed E-state index contributed by atoms with van der Waals surface area (Å²) in [6.07, 6.45) is 6.29. The predicted octanol–water partition coefficient (Wildman–Crippen LogP) is 4.15. The Morgan fingerprint density at radius 3 is 2.42 bits per heavy atom. The van der Waals surface area contributed by atoms with E-state index in [0.717, 1.165) is 24.4 Å². The van der Waals surface area contributed by atoms with Crippen molar-refractivity contribution in [2.75, 3.05) is 11.9 Å². The molecule has 1 aromatic rings. The highest BCUT2D eigenvalue weighted by molar-refractivity contribution is 7.80. The molecule has 2 bridgehead atoms. The second kappa shape index (κ2) is 7.79. The molecule has 2 aliphatic rings. The van der Waals surface area contributed by atoms with Crippen molar-refractivity contribution in [2.45, 2.75) is 64.1 Å². The van der Waals surface area contributed by atoms with Gasteiger partial charge in [-0.15, -0.1) is 0 Å². The first kappa shape index (κ1) is 17.6. The van der Waals surface area contributed by atoms with Gasteiger partial charge in [-0.05, 0) is 68.1 Å². The highest BCUT2D eigenvalue weighted by Gasteiger charge is 2.38. The maximum atomic E-state index is 13.0. The van der Waals surface area contributed by atoms with Gasteiger partial charge in [0.25, 0.3) is 0 Å². The van der Waals surface area contributed by atoms with Gasteiger partial charge >= 0.3 is 0 Å². The Kier molecular flexibility index (Phi) is 5.72. The first-order chi connectivity index (χ1) is 11.5. The number of hydrogen-bond acceptors (Lipinski definition) is 2. The zero-order chi connectivity index (χ0) is 17.1. The molecule has 2 aliphatic heterocycles. The number of rotatable bonds is 4. The second-order valence-electron chi connectivity index (χ2n) is 7.60. The van der Waals surface area contributed by atoms with Gasteiger partial charge in [0.2, 0.25) is 0 Å². The average molecular weight is 350 g/mol. The summed E-state index contributed by atoms with van der Waals surface area (Å²) < 4.78 is 13.0. The molecular weight excluding hydrogens is 321 g/mol. The molecule has 5 heteroatoms. The van der Waals surface area contributed by atoms with Crippen LogP contribution in [0, 0.1) is 11.7 Å². The quantitative estimate of drug-likeness (QED) is 0.799. The number of anilines is 1. The lowest BCUT2D eigenvalue weighted by molar-refractivity contribution is 0.0191. The monoisotopic (exact) mass is 349 g/mol. The fourth-order valence-corrected chi connectivity index (χ4v) is 4.49. The topological polar surface area (TPSA) is 27.3 Å². The van der Waals surface area contributed by atoms with Crippen LogP contribution in [0.4, 0.5) is 10.1 Å². The predicted molar refractivity (Wildman–Crippen MR) is 102 cm³/mol. The number of nitrogens with one attached hydrogen (secondary N) is 2. The number of benzene rings is 1. The van der Waals surface area contributed by atoms with Crippen molar-refractivity contribution >= 4 is 23.0 Å². The lowest BCUT2D eigenvalue weighted by Crippen LogP contribution is -2.58. The van der Waals surface area contributed by atoms with Crippen LogP contribution in [0.25, 0.3) is 0 Å². The largest absolute Gasteiger partial charge is 0.360 e. The first-order valence-corrected chi connectivity index (χ1v) is 9.51. The lowest BCUT2D eigenvalue weighted by atomic mass is 9.81. The van der Waals surface area contributed by atoms with Gasteiger partial charge in [-0.3, -0.25) is 4.90 Å². The molecule has 0 aliphatic carbocycles. The molecule has 2 fully saturated rings. The molecule has 1 aromatic carbocycles. The van der Waals surface area contributed by atoms with E-state index in [0.29, 0.717) is 23.2 Å². The summed E-state index contributed by atoms with van der Waals surface area (Å²) in [6, 6.07) is 8.12. The van der Waals surface area contributed by atoms with E-state index < -0.39 is 0 Å². The summed E-state index contributed by atoms with van der Waals surface area (Å²) in [4.78, 5) is 2.74. The Hall–Kier alpha value is -1.20. The molecule has 2 heterocycles. The van der Waals surface area contributed by atoms with E-state index in [2.05, 4.69) is 29.4 Å². The second-order valence-corrected chi connectivity index (χ2v) is 8.01. The van der Waals surface area contributed by atoms with Gasteiger partial charge < -0.3 is 10.6 Å². The van der Waals surface area contributed by atoms with Crippen molar-refractivity contribution < 1.29 is 4.39 Å². The van der Waals surface area contributed by atoms with Gasteiger partial charge in [0.05, 0.1) is 0 Å². The van der Waals surface area contributed by atoms with Crippen LogP contribution >= 0.6 is 12.2 Å². The Balaban J connectivity index is 1.55. The molecule has 3 nitrogen and oxygen atoms in total. The van der Waals surface area contributed by atoms with Crippen LogP contribution in [-0.2, 0) is 0 Å². The summed E-state index contributed by atoms with van der Waals surface area (Å²) in [6.45, 7) is 5.82. The Labute approximate surface area is 150 Å². The van der Waals surface area contributed by atoms with E-state index in [1.165, 1.54) is 37.9 Å². The van der Waals surface area contributed by atoms with E-state index in [4.69, 9.17) is 12.2 Å². The van der Waals surface area contributed by atoms with E-state index in [9.17, 15) is 4.39 Å². The van der Waals surface area contributed by atoms with E-state index in [-0.39, 0.29) is 5.82 Å². The molecule has 3 rings (SSSR count). The number of piperidine rings is 2. The summed E-state index contributed by atoms with van der Waals surface area (Å²) in [7, 11) is 0. The summed E-state index contributed by atoms with van der Waals surface area (Å²) in [5.41, 5.74) is 0.825. The third kappa shape index (κ3) is 4.45. The molecule has 0 amide bonds. The minimum Gasteiger partial charge on any atom is -0.360 e. The van der Waals surface area contributed by atoms with Crippen LogP contribution in [0.3, 0.4) is 0 Å². The SMILES string of the molecule is CC(C)CN1C2CCCC1CC(NC(=S)Nc1ccc(F)cc1)C2. The molecule has 0 saturated carbocycles. The van der Waals surface area contributed by atoms with Crippen LogP contribution in [0.5, 0.6) is 0 Å².